The predicted molar refractivity (Wildman–Crippen MR) is 54.8 cm³/mol. The summed E-state index contributed by atoms with van der Waals surface area (Å²) in [6, 6.07) is 3.10. The van der Waals surface area contributed by atoms with Crippen LogP contribution in [-0.2, 0) is 11.2 Å². The summed E-state index contributed by atoms with van der Waals surface area (Å²) in [5.74, 6) is -1.72. The SMILES string of the molecule is CN(CCO)C(=O)Cc1ccc(F)cc1F. The molecule has 16 heavy (non-hydrogen) atoms. The van der Waals surface area contributed by atoms with Crippen molar-refractivity contribution in [3.8, 4) is 0 Å². The maximum absolute atomic E-state index is 13.2. The lowest BCUT2D eigenvalue weighted by atomic mass is 10.1. The van der Waals surface area contributed by atoms with Crippen LogP contribution in [0.3, 0.4) is 0 Å². The summed E-state index contributed by atoms with van der Waals surface area (Å²) >= 11 is 0. The highest BCUT2D eigenvalue weighted by Crippen LogP contribution is 2.10. The summed E-state index contributed by atoms with van der Waals surface area (Å²) in [7, 11) is 1.51. The number of likely N-dealkylation sites (N-methyl/N-ethyl adjacent to an activating group) is 1. The second-order valence-corrected chi connectivity index (χ2v) is 3.45. The van der Waals surface area contributed by atoms with E-state index in [2.05, 4.69) is 0 Å². The molecule has 0 aliphatic rings. The van der Waals surface area contributed by atoms with Crippen LogP contribution < -0.4 is 0 Å². The lowest BCUT2D eigenvalue weighted by molar-refractivity contribution is -0.129. The number of amides is 1. The van der Waals surface area contributed by atoms with Gasteiger partial charge in [-0.25, -0.2) is 8.78 Å². The summed E-state index contributed by atoms with van der Waals surface area (Å²) in [4.78, 5) is 12.8. The van der Waals surface area contributed by atoms with E-state index in [1.54, 1.807) is 0 Å². The van der Waals surface area contributed by atoms with Crippen LogP contribution in [0.2, 0.25) is 0 Å². The van der Waals surface area contributed by atoms with E-state index in [4.69, 9.17) is 5.11 Å². The van der Waals surface area contributed by atoms with Gasteiger partial charge in [0.15, 0.2) is 0 Å². The van der Waals surface area contributed by atoms with Gasteiger partial charge in [0.1, 0.15) is 11.6 Å². The molecule has 0 aliphatic heterocycles. The maximum atomic E-state index is 13.2. The van der Waals surface area contributed by atoms with E-state index in [9.17, 15) is 13.6 Å². The van der Waals surface area contributed by atoms with Crippen LogP contribution in [-0.4, -0.2) is 36.1 Å². The molecule has 1 N–H and O–H groups in total. The fraction of sp³-hybridized carbons (Fsp3) is 0.364. The van der Waals surface area contributed by atoms with Crippen LogP contribution in [0.1, 0.15) is 5.56 Å². The Morgan fingerprint density at radius 2 is 2.12 bits per heavy atom. The van der Waals surface area contributed by atoms with E-state index >= 15 is 0 Å². The van der Waals surface area contributed by atoms with Crippen LogP contribution in [0.15, 0.2) is 18.2 Å². The number of aliphatic hydroxyl groups is 1. The molecule has 0 heterocycles. The van der Waals surface area contributed by atoms with Crippen LogP contribution in [0.25, 0.3) is 0 Å². The van der Waals surface area contributed by atoms with Gasteiger partial charge in [-0.2, -0.15) is 0 Å². The number of hydrogen-bond acceptors (Lipinski definition) is 2. The third-order valence-electron chi connectivity index (χ3n) is 2.22. The van der Waals surface area contributed by atoms with Crippen molar-refractivity contribution in [2.24, 2.45) is 0 Å². The summed E-state index contributed by atoms with van der Waals surface area (Å²) in [6.07, 6.45) is -0.136. The van der Waals surface area contributed by atoms with Gasteiger partial charge in [-0.05, 0) is 11.6 Å². The highest BCUT2D eigenvalue weighted by atomic mass is 19.1. The Labute approximate surface area is 92.3 Å². The summed E-state index contributed by atoms with van der Waals surface area (Å²) in [5.41, 5.74) is 0.149. The fourth-order valence-corrected chi connectivity index (χ4v) is 1.24. The van der Waals surface area contributed by atoms with Gasteiger partial charge >= 0.3 is 0 Å². The molecular weight excluding hydrogens is 216 g/mol. The van der Waals surface area contributed by atoms with Crippen molar-refractivity contribution >= 4 is 5.91 Å². The Balaban J connectivity index is 2.69. The molecule has 1 rings (SSSR count). The number of carbonyl (C=O) groups is 1. The third-order valence-corrected chi connectivity index (χ3v) is 2.22. The molecule has 1 aromatic carbocycles. The van der Waals surface area contributed by atoms with Gasteiger partial charge in [0, 0.05) is 19.7 Å². The molecule has 0 aromatic heterocycles. The molecule has 0 fully saturated rings. The zero-order valence-electron chi connectivity index (χ0n) is 8.91. The largest absolute Gasteiger partial charge is 0.395 e. The second kappa shape index (κ2) is 5.55. The minimum Gasteiger partial charge on any atom is -0.395 e. The van der Waals surface area contributed by atoms with Gasteiger partial charge in [0.05, 0.1) is 13.0 Å². The zero-order valence-corrected chi connectivity index (χ0v) is 8.91. The molecule has 3 nitrogen and oxygen atoms in total. The number of carbonyl (C=O) groups excluding carboxylic acids is 1. The number of hydrogen-bond donors (Lipinski definition) is 1. The third kappa shape index (κ3) is 3.27. The Kier molecular flexibility index (Phi) is 4.37. The molecule has 5 heteroatoms. The van der Waals surface area contributed by atoms with E-state index in [0.717, 1.165) is 12.1 Å². The van der Waals surface area contributed by atoms with Crippen molar-refractivity contribution in [2.75, 3.05) is 20.2 Å². The summed E-state index contributed by atoms with van der Waals surface area (Å²) in [6.45, 7) is 0.0514. The normalized spacial score (nSPS) is 10.2. The smallest absolute Gasteiger partial charge is 0.226 e. The number of benzene rings is 1. The number of aliphatic hydroxyl groups excluding tert-OH is 1. The van der Waals surface area contributed by atoms with Crippen LogP contribution >= 0.6 is 0 Å². The first kappa shape index (κ1) is 12.6. The van der Waals surface area contributed by atoms with Crippen molar-refractivity contribution in [1.82, 2.24) is 4.90 Å². The van der Waals surface area contributed by atoms with Gasteiger partial charge in [-0.3, -0.25) is 4.79 Å². The Bertz CT molecular complexity index is 382. The lowest BCUT2D eigenvalue weighted by Gasteiger charge is -2.15. The average Bonchev–Trinajstić information content (AvgIpc) is 2.22. The second-order valence-electron chi connectivity index (χ2n) is 3.45. The van der Waals surface area contributed by atoms with Crippen molar-refractivity contribution < 1.29 is 18.7 Å². The van der Waals surface area contributed by atoms with E-state index < -0.39 is 11.6 Å². The summed E-state index contributed by atoms with van der Waals surface area (Å²) in [5, 5.41) is 8.63. The molecule has 0 aliphatic carbocycles. The van der Waals surface area contributed by atoms with Gasteiger partial charge in [0.25, 0.3) is 0 Å². The molecule has 1 amide bonds. The predicted octanol–water partition coefficient (Wildman–Crippen LogP) is 0.958. The number of halogens is 2. The van der Waals surface area contributed by atoms with E-state index in [1.807, 2.05) is 0 Å². The fourth-order valence-electron chi connectivity index (χ4n) is 1.24. The highest BCUT2D eigenvalue weighted by molar-refractivity contribution is 5.78. The monoisotopic (exact) mass is 229 g/mol. The topological polar surface area (TPSA) is 40.5 Å². The van der Waals surface area contributed by atoms with Gasteiger partial charge in [-0.1, -0.05) is 6.07 Å². The number of nitrogens with zero attached hydrogens (tertiary/aromatic N) is 1. The van der Waals surface area contributed by atoms with Gasteiger partial charge in [0.2, 0.25) is 5.91 Å². The van der Waals surface area contributed by atoms with Crippen LogP contribution in [0.4, 0.5) is 8.78 Å². The molecule has 0 unspecified atom stereocenters. The zero-order chi connectivity index (χ0) is 12.1. The quantitative estimate of drug-likeness (QED) is 0.835. The van der Waals surface area contributed by atoms with E-state index in [-0.39, 0.29) is 31.0 Å². The van der Waals surface area contributed by atoms with Crippen molar-refractivity contribution in [3.05, 3.63) is 35.4 Å². The molecule has 1 aromatic rings. The lowest BCUT2D eigenvalue weighted by Crippen LogP contribution is -2.31. The van der Waals surface area contributed by atoms with Crippen molar-refractivity contribution in [2.45, 2.75) is 6.42 Å². The van der Waals surface area contributed by atoms with Crippen LogP contribution in [0, 0.1) is 11.6 Å². The van der Waals surface area contributed by atoms with Gasteiger partial charge in [-0.15, -0.1) is 0 Å². The molecule has 0 spiro atoms. The first-order valence-electron chi connectivity index (χ1n) is 4.83. The Hall–Kier alpha value is -1.49. The minimum atomic E-state index is -0.731. The van der Waals surface area contributed by atoms with Crippen LogP contribution in [0.5, 0.6) is 0 Å². The average molecular weight is 229 g/mol. The Morgan fingerprint density at radius 1 is 1.44 bits per heavy atom. The number of rotatable bonds is 4. The highest BCUT2D eigenvalue weighted by Gasteiger charge is 2.12. The summed E-state index contributed by atoms with van der Waals surface area (Å²) < 4.78 is 25.8. The minimum absolute atomic E-state index is 0.136. The van der Waals surface area contributed by atoms with Crippen molar-refractivity contribution in [1.29, 1.82) is 0 Å². The first-order valence-corrected chi connectivity index (χ1v) is 4.83. The molecule has 0 atom stereocenters. The Morgan fingerprint density at radius 3 is 2.69 bits per heavy atom. The molecule has 0 radical (unpaired) electrons. The first-order chi connectivity index (χ1) is 7.54. The molecule has 0 bridgehead atoms. The molecular formula is C11H13F2NO2. The van der Waals surface area contributed by atoms with Gasteiger partial charge < -0.3 is 10.0 Å². The molecule has 88 valence electrons. The molecule has 0 saturated carbocycles. The van der Waals surface area contributed by atoms with E-state index in [1.165, 1.54) is 18.0 Å². The standard InChI is InChI=1S/C11H13F2NO2/c1-14(4-5-15)11(16)6-8-2-3-9(12)7-10(8)13/h2-3,7,15H,4-6H2,1H3. The maximum Gasteiger partial charge on any atom is 0.226 e. The molecule has 0 saturated heterocycles. The van der Waals surface area contributed by atoms with E-state index in [0.29, 0.717) is 0 Å². The van der Waals surface area contributed by atoms with Crippen molar-refractivity contribution in [3.63, 3.8) is 0 Å².